The summed E-state index contributed by atoms with van der Waals surface area (Å²) in [5.41, 5.74) is 0.312. The molecule has 212 valence electrons. The number of carbonyl (C=O) groups excluding carboxylic acids is 2. The van der Waals surface area contributed by atoms with Crippen molar-refractivity contribution < 1.29 is 29.3 Å². The molecule has 1 aromatic heterocycles. The third kappa shape index (κ3) is 7.23. The van der Waals surface area contributed by atoms with Gasteiger partial charge in [0.1, 0.15) is 24.0 Å². The van der Waals surface area contributed by atoms with Crippen LogP contribution in [0.2, 0.25) is 0 Å². The zero-order valence-electron chi connectivity index (χ0n) is 21.9. The summed E-state index contributed by atoms with van der Waals surface area (Å²) < 4.78 is 11.8. The molecule has 0 unspecified atom stereocenters. The summed E-state index contributed by atoms with van der Waals surface area (Å²) in [5, 5.41) is 26.5. The van der Waals surface area contributed by atoms with Crippen LogP contribution >= 0.6 is 0 Å². The van der Waals surface area contributed by atoms with Crippen LogP contribution in [-0.2, 0) is 27.3 Å². The van der Waals surface area contributed by atoms with Crippen molar-refractivity contribution in [2.24, 2.45) is 0 Å². The largest absolute Gasteiger partial charge is 0.497 e. The van der Waals surface area contributed by atoms with E-state index in [1.807, 2.05) is 42.5 Å². The van der Waals surface area contributed by atoms with Crippen molar-refractivity contribution in [3.05, 3.63) is 98.8 Å². The smallest absolute Gasteiger partial charge is 0.330 e. The lowest BCUT2D eigenvalue weighted by Crippen LogP contribution is -2.48. The van der Waals surface area contributed by atoms with Crippen LogP contribution in [0.1, 0.15) is 30.2 Å². The van der Waals surface area contributed by atoms with Crippen LogP contribution in [0.15, 0.2) is 76.4 Å². The molecule has 3 aromatic rings. The summed E-state index contributed by atoms with van der Waals surface area (Å²) in [6, 6.07) is 16.7. The fourth-order valence-corrected chi connectivity index (χ4v) is 4.48. The number of hydrogen-bond donors (Lipinski definition) is 5. The summed E-state index contributed by atoms with van der Waals surface area (Å²) in [5.74, 6) is -0.112. The van der Waals surface area contributed by atoms with E-state index in [4.69, 9.17) is 9.47 Å². The number of aromatic nitrogens is 2. The van der Waals surface area contributed by atoms with Crippen LogP contribution in [0, 0.1) is 0 Å². The van der Waals surface area contributed by atoms with Crippen molar-refractivity contribution in [3.8, 4) is 5.75 Å². The number of carbonyl (C=O) groups is 2. The number of aliphatic hydroxyl groups is 2. The number of ether oxygens (including phenoxy) is 2. The number of rotatable bonds is 11. The molecular weight excluding hydrogens is 520 g/mol. The number of H-pyrrole nitrogens is 1. The first-order valence-electron chi connectivity index (χ1n) is 12.8. The summed E-state index contributed by atoms with van der Waals surface area (Å²) in [6.07, 6.45) is -3.68. The molecule has 1 fully saturated rings. The Morgan fingerprint density at radius 1 is 1.02 bits per heavy atom. The molecule has 0 saturated carbocycles. The van der Waals surface area contributed by atoms with Crippen LogP contribution < -0.4 is 26.6 Å². The number of amides is 2. The Morgan fingerprint density at radius 3 is 2.42 bits per heavy atom. The topological polar surface area (TPSA) is 172 Å². The van der Waals surface area contributed by atoms with Gasteiger partial charge >= 0.3 is 5.69 Å². The van der Waals surface area contributed by atoms with E-state index in [-0.39, 0.29) is 31.7 Å². The molecule has 5 N–H and O–H groups in total. The van der Waals surface area contributed by atoms with Gasteiger partial charge in [-0.2, -0.15) is 0 Å². The fraction of sp³-hybridized carbons (Fsp3) is 0.357. The van der Waals surface area contributed by atoms with E-state index in [1.54, 1.807) is 19.2 Å². The SMILES string of the molecule is COc1ccc(CNC(=O)[C@@H](Cc2ccccc2)NC(=O)CC[C@H]2O[C@@H](n3ccc(=O)[nH]c3=O)[C@H](O)[C@@H]2O)cc1. The predicted molar refractivity (Wildman–Crippen MR) is 143 cm³/mol. The van der Waals surface area contributed by atoms with Crippen molar-refractivity contribution in [2.45, 2.75) is 56.4 Å². The number of nitrogens with one attached hydrogen (secondary N) is 3. The molecule has 0 bridgehead atoms. The third-order valence-corrected chi connectivity index (χ3v) is 6.68. The molecule has 0 radical (unpaired) electrons. The maximum atomic E-state index is 13.1. The molecule has 2 heterocycles. The van der Waals surface area contributed by atoms with Gasteiger partial charge in [-0.15, -0.1) is 0 Å². The second-order valence-corrected chi connectivity index (χ2v) is 9.48. The number of benzene rings is 2. The fourth-order valence-electron chi connectivity index (χ4n) is 4.48. The van der Waals surface area contributed by atoms with Crippen LogP contribution in [-0.4, -0.2) is 63.0 Å². The lowest BCUT2D eigenvalue weighted by Gasteiger charge is -2.20. The minimum absolute atomic E-state index is 0.0180. The molecular formula is C28H32N4O8. The lowest BCUT2D eigenvalue weighted by molar-refractivity contribution is -0.129. The van der Waals surface area contributed by atoms with E-state index < -0.39 is 47.7 Å². The number of methoxy groups -OCH3 is 1. The first kappa shape index (κ1) is 28.7. The summed E-state index contributed by atoms with van der Waals surface area (Å²) in [4.78, 5) is 51.5. The molecule has 4 rings (SSSR count). The van der Waals surface area contributed by atoms with Crippen molar-refractivity contribution >= 4 is 11.8 Å². The van der Waals surface area contributed by atoms with Gasteiger partial charge in [-0.1, -0.05) is 42.5 Å². The van der Waals surface area contributed by atoms with E-state index >= 15 is 0 Å². The van der Waals surface area contributed by atoms with Crippen LogP contribution in [0.25, 0.3) is 0 Å². The maximum Gasteiger partial charge on any atom is 0.330 e. The Balaban J connectivity index is 1.36. The molecule has 2 amide bonds. The highest BCUT2D eigenvalue weighted by Crippen LogP contribution is 2.30. The Hall–Kier alpha value is -4.26. The molecule has 12 heteroatoms. The van der Waals surface area contributed by atoms with Gasteiger partial charge in [0.05, 0.1) is 13.2 Å². The van der Waals surface area contributed by atoms with E-state index in [1.165, 1.54) is 0 Å². The van der Waals surface area contributed by atoms with E-state index in [0.29, 0.717) is 5.75 Å². The highest BCUT2D eigenvalue weighted by molar-refractivity contribution is 5.87. The third-order valence-electron chi connectivity index (χ3n) is 6.68. The highest BCUT2D eigenvalue weighted by Gasteiger charge is 2.44. The summed E-state index contributed by atoms with van der Waals surface area (Å²) in [6.45, 7) is 0.259. The molecule has 0 aliphatic carbocycles. The maximum absolute atomic E-state index is 13.1. The van der Waals surface area contributed by atoms with Crippen molar-refractivity contribution in [1.82, 2.24) is 20.2 Å². The monoisotopic (exact) mass is 552 g/mol. The average Bonchev–Trinajstić information content (AvgIpc) is 3.23. The van der Waals surface area contributed by atoms with Gasteiger partial charge in [0.15, 0.2) is 6.23 Å². The minimum Gasteiger partial charge on any atom is -0.497 e. The quantitative estimate of drug-likeness (QED) is 0.221. The molecule has 2 aromatic carbocycles. The van der Waals surface area contributed by atoms with Gasteiger partial charge in [0, 0.05) is 31.6 Å². The Morgan fingerprint density at radius 2 is 1.75 bits per heavy atom. The molecule has 40 heavy (non-hydrogen) atoms. The molecule has 5 atom stereocenters. The van der Waals surface area contributed by atoms with Gasteiger partial charge in [0.2, 0.25) is 11.8 Å². The molecule has 1 aliphatic rings. The second kappa shape index (κ2) is 13.2. The van der Waals surface area contributed by atoms with Crippen LogP contribution in [0.3, 0.4) is 0 Å². The second-order valence-electron chi connectivity index (χ2n) is 9.48. The molecule has 12 nitrogen and oxygen atoms in total. The summed E-state index contributed by atoms with van der Waals surface area (Å²) in [7, 11) is 1.57. The average molecular weight is 553 g/mol. The number of aromatic amines is 1. The highest BCUT2D eigenvalue weighted by atomic mass is 16.6. The van der Waals surface area contributed by atoms with E-state index in [9.17, 15) is 29.4 Å². The standard InChI is InChI=1S/C28H32N4O8/c1-39-19-9-7-18(8-10-19)16-29-26(37)20(15-17-5-3-2-4-6-17)30-22(33)12-11-21-24(35)25(36)27(40-21)32-14-13-23(34)31-28(32)38/h2-10,13-14,20-21,24-25,27,35-36H,11-12,15-16H2,1H3,(H,29,37)(H,30,33)(H,31,34,38)/t20-,21-,24-,25-,27-/m1/s1. The Kier molecular flexibility index (Phi) is 9.48. The van der Waals surface area contributed by atoms with E-state index in [2.05, 4.69) is 15.6 Å². The van der Waals surface area contributed by atoms with Crippen molar-refractivity contribution in [2.75, 3.05) is 7.11 Å². The minimum atomic E-state index is -1.45. The van der Waals surface area contributed by atoms with Gasteiger partial charge in [-0.3, -0.25) is 23.9 Å². The first-order chi connectivity index (χ1) is 19.2. The van der Waals surface area contributed by atoms with Gasteiger partial charge in [-0.25, -0.2) is 4.79 Å². The zero-order valence-corrected chi connectivity index (χ0v) is 21.9. The van der Waals surface area contributed by atoms with Gasteiger partial charge < -0.3 is 30.3 Å². The van der Waals surface area contributed by atoms with Crippen molar-refractivity contribution in [3.63, 3.8) is 0 Å². The van der Waals surface area contributed by atoms with Crippen molar-refractivity contribution in [1.29, 1.82) is 0 Å². The molecule has 1 aliphatic heterocycles. The van der Waals surface area contributed by atoms with Gasteiger partial charge in [-0.05, 0) is 29.7 Å². The first-order valence-corrected chi connectivity index (χ1v) is 12.8. The number of hydrogen-bond acceptors (Lipinski definition) is 8. The zero-order chi connectivity index (χ0) is 28.6. The van der Waals surface area contributed by atoms with Gasteiger partial charge in [0.25, 0.3) is 5.56 Å². The molecule has 1 saturated heterocycles. The van der Waals surface area contributed by atoms with E-state index in [0.717, 1.165) is 28.0 Å². The predicted octanol–water partition coefficient (Wildman–Crippen LogP) is -0.0115. The molecule has 0 spiro atoms. The number of aliphatic hydroxyl groups excluding tert-OH is 2. The lowest BCUT2D eigenvalue weighted by atomic mass is 10.0. The van der Waals surface area contributed by atoms with Crippen LogP contribution in [0.5, 0.6) is 5.75 Å². The summed E-state index contributed by atoms with van der Waals surface area (Å²) >= 11 is 0. The van der Waals surface area contributed by atoms with Crippen LogP contribution in [0.4, 0.5) is 0 Å². The Labute approximate surface area is 229 Å². The normalized spacial score (nSPS) is 21.0. The Bertz CT molecular complexity index is 1410. The number of nitrogens with zero attached hydrogens (tertiary/aromatic N) is 1.